The van der Waals surface area contributed by atoms with Crippen molar-refractivity contribution in [2.45, 2.75) is 83.8 Å². The highest BCUT2D eigenvalue weighted by Crippen LogP contribution is 2.42. The Morgan fingerprint density at radius 1 is 1.29 bits per heavy atom. The van der Waals surface area contributed by atoms with Gasteiger partial charge in [0.05, 0.1) is 18.8 Å². The lowest BCUT2D eigenvalue weighted by atomic mass is 9.80. The highest BCUT2D eigenvalue weighted by atomic mass is 16.5. The molecule has 1 aromatic rings. The molecule has 1 saturated heterocycles. The number of hydrogen-bond acceptors (Lipinski definition) is 3. The van der Waals surface area contributed by atoms with Crippen LogP contribution in [-0.2, 0) is 9.53 Å². The SMILES string of the molecule is CC(C)C1CCC(OC[C@H]2[C@@H](c3ccn[nH]3)CCCN2C(=O)C2CC2C)CC1. The Kier molecular flexibility index (Phi) is 6.10. The van der Waals surface area contributed by atoms with Gasteiger partial charge in [-0.25, -0.2) is 0 Å². The lowest BCUT2D eigenvalue weighted by Gasteiger charge is -2.42. The highest BCUT2D eigenvalue weighted by molar-refractivity contribution is 5.82. The molecule has 156 valence electrons. The topological polar surface area (TPSA) is 58.2 Å². The molecular formula is C23H37N3O2. The zero-order valence-corrected chi connectivity index (χ0v) is 17.8. The number of rotatable bonds is 6. The summed E-state index contributed by atoms with van der Waals surface area (Å²) in [6.07, 6.45) is 10.3. The summed E-state index contributed by atoms with van der Waals surface area (Å²) in [5, 5.41) is 7.33. The van der Waals surface area contributed by atoms with E-state index >= 15 is 0 Å². The molecule has 2 saturated carbocycles. The molecule has 3 fully saturated rings. The van der Waals surface area contributed by atoms with E-state index < -0.39 is 0 Å². The summed E-state index contributed by atoms with van der Waals surface area (Å²) in [6.45, 7) is 8.41. The van der Waals surface area contributed by atoms with E-state index in [0.717, 1.165) is 56.2 Å². The van der Waals surface area contributed by atoms with E-state index in [4.69, 9.17) is 4.74 Å². The summed E-state index contributed by atoms with van der Waals surface area (Å²) in [5.41, 5.74) is 1.15. The standard InChI is InChI=1S/C23H37N3O2/c1-15(2)17-6-8-18(9-7-17)28-14-22-19(21-10-11-24-25-21)5-4-12-26(22)23(27)20-13-16(20)3/h10-11,15-20,22H,4-9,12-14H2,1-3H3,(H,24,25)/t16?,17?,18?,19-,20?,22+/m1/s1. The van der Waals surface area contributed by atoms with E-state index in [9.17, 15) is 4.79 Å². The molecule has 0 aromatic carbocycles. The van der Waals surface area contributed by atoms with Crippen molar-refractivity contribution >= 4 is 5.91 Å². The van der Waals surface area contributed by atoms with Crippen molar-refractivity contribution < 1.29 is 9.53 Å². The molecule has 3 aliphatic rings. The first-order valence-corrected chi connectivity index (χ1v) is 11.5. The van der Waals surface area contributed by atoms with Crippen LogP contribution in [0.1, 0.15) is 77.3 Å². The third-order valence-electron chi connectivity index (χ3n) is 7.57. The van der Waals surface area contributed by atoms with Crippen molar-refractivity contribution in [1.82, 2.24) is 15.1 Å². The molecular weight excluding hydrogens is 350 g/mol. The third-order valence-corrected chi connectivity index (χ3v) is 7.57. The number of ether oxygens (including phenoxy) is 1. The molecule has 2 aliphatic carbocycles. The molecule has 1 amide bonds. The molecule has 5 nitrogen and oxygen atoms in total. The van der Waals surface area contributed by atoms with Crippen molar-refractivity contribution in [3.63, 3.8) is 0 Å². The van der Waals surface area contributed by atoms with Crippen molar-refractivity contribution in [2.24, 2.45) is 23.7 Å². The average Bonchev–Trinajstić information content (AvgIpc) is 3.19. The number of carbonyl (C=O) groups excluding carboxylic acids is 1. The molecule has 4 atom stereocenters. The van der Waals surface area contributed by atoms with Gasteiger partial charge < -0.3 is 9.64 Å². The largest absolute Gasteiger partial charge is 0.376 e. The molecule has 2 heterocycles. The fourth-order valence-electron chi connectivity index (χ4n) is 5.41. The van der Waals surface area contributed by atoms with Crippen molar-refractivity contribution in [1.29, 1.82) is 0 Å². The average molecular weight is 388 g/mol. The minimum Gasteiger partial charge on any atom is -0.376 e. The fraction of sp³-hybridized carbons (Fsp3) is 0.826. The van der Waals surface area contributed by atoms with Crippen LogP contribution in [0.4, 0.5) is 0 Å². The molecule has 28 heavy (non-hydrogen) atoms. The lowest BCUT2D eigenvalue weighted by molar-refractivity contribution is -0.140. The predicted molar refractivity (Wildman–Crippen MR) is 110 cm³/mol. The van der Waals surface area contributed by atoms with Gasteiger partial charge in [0.15, 0.2) is 0 Å². The third kappa shape index (κ3) is 4.29. The maximum absolute atomic E-state index is 13.1. The van der Waals surface area contributed by atoms with Crippen LogP contribution in [0.25, 0.3) is 0 Å². The van der Waals surface area contributed by atoms with Crippen molar-refractivity contribution in [3.8, 4) is 0 Å². The maximum atomic E-state index is 13.1. The van der Waals surface area contributed by atoms with Gasteiger partial charge in [-0.3, -0.25) is 9.89 Å². The summed E-state index contributed by atoms with van der Waals surface area (Å²) >= 11 is 0. The number of H-pyrrole nitrogens is 1. The van der Waals surface area contributed by atoms with Gasteiger partial charge in [-0.2, -0.15) is 5.10 Å². The second-order valence-electron chi connectivity index (χ2n) is 9.79. The van der Waals surface area contributed by atoms with Crippen LogP contribution in [-0.4, -0.2) is 46.3 Å². The first kappa shape index (κ1) is 19.9. The van der Waals surface area contributed by atoms with Crippen LogP contribution in [0.5, 0.6) is 0 Å². The number of carbonyl (C=O) groups is 1. The van der Waals surface area contributed by atoms with Crippen LogP contribution in [0.3, 0.4) is 0 Å². The maximum Gasteiger partial charge on any atom is 0.226 e. The van der Waals surface area contributed by atoms with Crippen molar-refractivity contribution in [2.75, 3.05) is 13.2 Å². The summed E-state index contributed by atoms with van der Waals surface area (Å²) < 4.78 is 6.46. The van der Waals surface area contributed by atoms with Gasteiger partial charge in [-0.05, 0) is 68.8 Å². The van der Waals surface area contributed by atoms with Gasteiger partial charge in [-0.1, -0.05) is 20.8 Å². The predicted octanol–water partition coefficient (Wildman–Crippen LogP) is 4.37. The molecule has 0 bridgehead atoms. The number of piperidine rings is 1. The molecule has 1 aromatic heterocycles. The number of aromatic nitrogens is 2. The van der Waals surface area contributed by atoms with Gasteiger partial charge in [0, 0.05) is 30.3 Å². The summed E-state index contributed by atoms with van der Waals surface area (Å²) in [7, 11) is 0. The van der Waals surface area contributed by atoms with Gasteiger partial charge in [0.1, 0.15) is 0 Å². The quantitative estimate of drug-likeness (QED) is 0.788. The molecule has 4 rings (SSSR count). The first-order valence-electron chi connectivity index (χ1n) is 11.5. The molecule has 1 aliphatic heterocycles. The fourth-order valence-corrected chi connectivity index (χ4v) is 5.41. The van der Waals surface area contributed by atoms with E-state index in [1.807, 2.05) is 6.20 Å². The minimum absolute atomic E-state index is 0.136. The Bertz CT molecular complexity index is 636. The Hall–Kier alpha value is -1.36. The molecule has 1 N–H and O–H groups in total. The van der Waals surface area contributed by atoms with Gasteiger partial charge in [-0.15, -0.1) is 0 Å². The van der Waals surface area contributed by atoms with Gasteiger partial charge in [0.2, 0.25) is 5.91 Å². The molecule has 0 spiro atoms. The molecule has 0 radical (unpaired) electrons. The molecule has 5 heteroatoms. The zero-order valence-electron chi connectivity index (χ0n) is 17.8. The van der Waals surface area contributed by atoms with E-state index in [0.29, 0.717) is 30.5 Å². The van der Waals surface area contributed by atoms with Gasteiger partial charge >= 0.3 is 0 Å². The first-order chi connectivity index (χ1) is 13.5. The number of nitrogens with one attached hydrogen (secondary N) is 1. The normalized spacial score (nSPS) is 35.9. The highest BCUT2D eigenvalue weighted by Gasteiger charge is 2.46. The smallest absolute Gasteiger partial charge is 0.226 e. The Morgan fingerprint density at radius 2 is 2.04 bits per heavy atom. The van der Waals surface area contributed by atoms with Crippen molar-refractivity contribution in [3.05, 3.63) is 18.0 Å². The van der Waals surface area contributed by atoms with E-state index in [2.05, 4.69) is 41.9 Å². The number of likely N-dealkylation sites (tertiary alicyclic amines) is 1. The lowest BCUT2D eigenvalue weighted by Crippen LogP contribution is -2.51. The Balaban J connectivity index is 1.42. The van der Waals surface area contributed by atoms with Crippen LogP contribution < -0.4 is 0 Å². The van der Waals surface area contributed by atoms with E-state index in [1.165, 1.54) is 12.8 Å². The summed E-state index contributed by atoms with van der Waals surface area (Å²) in [4.78, 5) is 15.3. The van der Waals surface area contributed by atoms with Gasteiger partial charge in [0.25, 0.3) is 0 Å². The summed E-state index contributed by atoms with van der Waals surface area (Å²) in [5.74, 6) is 3.08. The number of nitrogens with zero attached hydrogens (tertiary/aromatic N) is 2. The Morgan fingerprint density at radius 3 is 2.64 bits per heavy atom. The van der Waals surface area contributed by atoms with Crippen LogP contribution >= 0.6 is 0 Å². The summed E-state index contributed by atoms with van der Waals surface area (Å²) in [6, 6.07) is 2.21. The van der Waals surface area contributed by atoms with E-state index in [1.54, 1.807) is 0 Å². The monoisotopic (exact) mass is 387 g/mol. The van der Waals surface area contributed by atoms with E-state index in [-0.39, 0.29) is 12.0 Å². The zero-order chi connectivity index (χ0) is 19.7. The van der Waals surface area contributed by atoms with Crippen LogP contribution in [0, 0.1) is 23.7 Å². The second kappa shape index (κ2) is 8.56. The second-order valence-corrected chi connectivity index (χ2v) is 9.79. The molecule has 2 unspecified atom stereocenters. The van der Waals surface area contributed by atoms with Crippen LogP contribution in [0.15, 0.2) is 12.3 Å². The Labute approximate surface area is 169 Å². The number of aromatic amines is 1. The number of hydrogen-bond donors (Lipinski definition) is 1. The number of amides is 1. The minimum atomic E-state index is 0.136. The van der Waals surface area contributed by atoms with Crippen LogP contribution in [0.2, 0.25) is 0 Å².